The highest BCUT2D eigenvalue weighted by Crippen LogP contribution is 2.33. The van der Waals surface area contributed by atoms with Crippen molar-refractivity contribution < 1.29 is 14.6 Å². The Balaban J connectivity index is 1.54. The van der Waals surface area contributed by atoms with Crippen molar-refractivity contribution >= 4 is 23.2 Å². The number of nitrogens with zero attached hydrogens (tertiary/aromatic N) is 6. The molecule has 1 aliphatic rings. The molecular weight excluding hydrogens is 384 g/mol. The Morgan fingerprint density at radius 2 is 2.07 bits per heavy atom. The van der Waals surface area contributed by atoms with E-state index in [-0.39, 0.29) is 17.9 Å². The Morgan fingerprint density at radius 1 is 1.36 bits per heavy atom. The van der Waals surface area contributed by atoms with Gasteiger partial charge in [0.1, 0.15) is 22.6 Å². The van der Waals surface area contributed by atoms with Crippen molar-refractivity contribution in [1.82, 2.24) is 29.5 Å². The normalized spacial score (nSPS) is 15.1. The number of ether oxygens (including phenoxy) is 1. The average molecular weight is 405 g/mol. The molecule has 4 heterocycles. The number of rotatable bonds is 2. The molecule has 28 heavy (non-hydrogen) atoms. The highest BCUT2D eigenvalue weighted by molar-refractivity contribution is 6.34. The van der Waals surface area contributed by atoms with Crippen molar-refractivity contribution in [2.24, 2.45) is 0 Å². The first-order chi connectivity index (χ1) is 13.1. The van der Waals surface area contributed by atoms with Crippen LogP contribution in [0.4, 0.5) is 4.79 Å². The summed E-state index contributed by atoms with van der Waals surface area (Å²) in [5, 5.41) is 23.3. The highest BCUT2D eigenvalue weighted by Gasteiger charge is 2.36. The Kier molecular flexibility index (Phi) is 4.22. The van der Waals surface area contributed by atoms with E-state index in [1.165, 1.54) is 10.7 Å². The number of hydrogen-bond acceptors (Lipinski definition) is 6. The number of likely N-dealkylation sites (tertiary alicyclic amines) is 1. The molecule has 0 aromatic carbocycles. The molecule has 0 spiro atoms. The maximum Gasteiger partial charge on any atom is 0.410 e. The smallest absolute Gasteiger partial charge is 0.410 e. The molecule has 1 amide bonds. The number of fused-ring (bicyclic) bond motifs is 1. The van der Waals surface area contributed by atoms with E-state index in [4.69, 9.17) is 16.3 Å². The molecule has 0 atom stereocenters. The van der Waals surface area contributed by atoms with Crippen LogP contribution in [0.25, 0.3) is 16.8 Å². The third-order valence-corrected chi connectivity index (χ3v) is 4.88. The van der Waals surface area contributed by atoms with E-state index < -0.39 is 5.60 Å². The van der Waals surface area contributed by atoms with Crippen molar-refractivity contribution in [3.8, 4) is 17.0 Å². The summed E-state index contributed by atoms with van der Waals surface area (Å²) in [7, 11) is 0. The van der Waals surface area contributed by atoms with Crippen LogP contribution in [0.1, 0.15) is 32.5 Å². The minimum atomic E-state index is -0.519. The lowest BCUT2D eigenvalue weighted by molar-refractivity contribution is -0.000880. The van der Waals surface area contributed by atoms with Crippen LogP contribution in [0.15, 0.2) is 18.5 Å². The molecule has 0 radical (unpaired) electrons. The van der Waals surface area contributed by atoms with Crippen LogP contribution >= 0.6 is 11.6 Å². The van der Waals surface area contributed by atoms with Gasteiger partial charge in [-0.2, -0.15) is 5.10 Å². The molecule has 1 saturated heterocycles. The molecule has 3 aromatic heterocycles. The lowest BCUT2D eigenvalue weighted by Crippen LogP contribution is -2.52. The molecule has 0 aliphatic carbocycles. The van der Waals surface area contributed by atoms with Crippen LogP contribution < -0.4 is 0 Å². The van der Waals surface area contributed by atoms with E-state index >= 15 is 0 Å². The quantitative estimate of drug-likeness (QED) is 0.704. The van der Waals surface area contributed by atoms with Gasteiger partial charge in [-0.1, -0.05) is 16.8 Å². The van der Waals surface area contributed by atoms with Crippen molar-refractivity contribution in [2.45, 2.75) is 39.3 Å². The molecule has 1 fully saturated rings. The SMILES string of the molecule is Cc1c(-c2cc(O)c3c(Cl)cnn3c2)nnn1C1CN(C(=O)OC(C)(C)C)C1. The maximum atomic E-state index is 12.1. The predicted molar refractivity (Wildman–Crippen MR) is 102 cm³/mol. The first-order valence-electron chi connectivity index (χ1n) is 8.90. The summed E-state index contributed by atoms with van der Waals surface area (Å²) >= 11 is 6.04. The van der Waals surface area contributed by atoms with Crippen LogP contribution in [0.2, 0.25) is 5.02 Å². The van der Waals surface area contributed by atoms with Gasteiger partial charge < -0.3 is 14.7 Å². The molecule has 0 bridgehead atoms. The number of amides is 1. The zero-order valence-electron chi connectivity index (χ0n) is 16.0. The fourth-order valence-electron chi connectivity index (χ4n) is 3.23. The molecule has 10 heteroatoms. The number of carbonyl (C=O) groups excluding carboxylic acids is 1. The predicted octanol–water partition coefficient (Wildman–Crippen LogP) is 3.05. The largest absolute Gasteiger partial charge is 0.506 e. The van der Waals surface area contributed by atoms with Gasteiger partial charge in [0.15, 0.2) is 0 Å². The van der Waals surface area contributed by atoms with Gasteiger partial charge in [0.2, 0.25) is 0 Å². The van der Waals surface area contributed by atoms with E-state index in [0.717, 1.165) is 5.69 Å². The van der Waals surface area contributed by atoms with Gasteiger partial charge in [-0.15, -0.1) is 5.10 Å². The molecule has 0 unspecified atom stereocenters. The number of halogens is 1. The lowest BCUT2D eigenvalue weighted by Gasteiger charge is -2.39. The Morgan fingerprint density at radius 3 is 2.75 bits per heavy atom. The zero-order valence-corrected chi connectivity index (χ0v) is 16.8. The molecule has 0 saturated carbocycles. The second kappa shape index (κ2) is 6.37. The van der Waals surface area contributed by atoms with E-state index in [0.29, 0.717) is 34.9 Å². The molecule has 1 aliphatic heterocycles. The zero-order chi connectivity index (χ0) is 20.2. The van der Waals surface area contributed by atoms with Crippen LogP contribution in [-0.2, 0) is 4.74 Å². The van der Waals surface area contributed by atoms with Crippen molar-refractivity contribution in [3.05, 3.63) is 29.2 Å². The Hall–Kier alpha value is -2.81. The van der Waals surface area contributed by atoms with Crippen LogP contribution in [0.5, 0.6) is 5.75 Å². The molecule has 3 aromatic rings. The molecule has 4 rings (SSSR count). The minimum Gasteiger partial charge on any atom is -0.506 e. The van der Waals surface area contributed by atoms with E-state index in [9.17, 15) is 9.90 Å². The van der Waals surface area contributed by atoms with Gasteiger partial charge in [0.25, 0.3) is 0 Å². The number of pyridine rings is 1. The summed E-state index contributed by atoms with van der Waals surface area (Å²) in [4.78, 5) is 13.7. The van der Waals surface area contributed by atoms with Gasteiger partial charge in [0, 0.05) is 24.8 Å². The summed E-state index contributed by atoms with van der Waals surface area (Å²) in [5.41, 5.74) is 2.08. The van der Waals surface area contributed by atoms with E-state index in [2.05, 4.69) is 15.4 Å². The van der Waals surface area contributed by atoms with Crippen molar-refractivity contribution in [1.29, 1.82) is 0 Å². The highest BCUT2D eigenvalue weighted by atomic mass is 35.5. The summed E-state index contributed by atoms with van der Waals surface area (Å²) in [6, 6.07) is 1.63. The number of aromatic nitrogens is 5. The summed E-state index contributed by atoms with van der Waals surface area (Å²) in [6.07, 6.45) is 2.90. The second-order valence-electron chi connectivity index (χ2n) is 7.91. The molecule has 148 valence electrons. The first kappa shape index (κ1) is 18.5. The monoisotopic (exact) mass is 404 g/mol. The maximum absolute atomic E-state index is 12.1. The Bertz CT molecular complexity index is 1060. The summed E-state index contributed by atoms with van der Waals surface area (Å²) < 4.78 is 8.69. The van der Waals surface area contributed by atoms with Gasteiger partial charge in [-0.25, -0.2) is 14.0 Å². The standard InChI is InChI=1S/C18H21ClN6O3/c1-10-15(11-5-14(26)16-13(19)6-20-24(16)7-11)21-22-25(10)12-8-23(9-12)17(27)28-18(2,3)4/h5-7,12,26H,8-9H2,1-4H3. The van der Waals surface area contributed by atoms with Crippen molar-refractivity contribution in [3.63, 3.8) is 0 Å². The third kappa shape index (κ3) is 3.15. The number of aromatic hydroxyl groups is 1. The first-order valence-corrected chi connectivity index (χ1v) is 9.28. The number of hydrogen-bond donors (Lipinski definition) is 1. The minimum absolute atomic E-state index is 0.0219. The average Bonchev–Trinajstić information content (AvgIpc) is 3.08. The summed E-state index contributed by atoms with van der Waals surface area (Å²) in [5.74, 6) is 0.0219. The molecular formula is C18H21ClN6O3. The van der Waals surface area contributed by atoms with Crippen LogP contribution in [0, 0.1) is 6.92 Å². The summed E-state index contributed by atoms with van der Waals surface area (Å²) in [6.45, 7) is 8.46. The lowest BCUT2D eigenvalue weighted by atomic mass is 10.1. The van der Waals surface area contributed by atoms with Gasteiger partial charge in [0.05, 0.1) is 23.0 Å². The fraction of sp³-hybridized carbons (Fsp3) is 0.444. The molecule has 1 N–H and O–H groups in total. The fourth-order valence-corrected chi connectivity index (χ4v) is 3.46. The van der Waals surface area contributed by atoms with Gasteiger partial charge >= 0.3 is 6.09 Å². The number of carbonyl (C=O) groups is 1. The molecule has 9 nitrogen and oxygen atoms in total. The Labute approximate surface area is 166 Å². The van der Waals surface area contributed by atoms with E-state index in [1.54, 1.807) is 21.8 Å². The van der Waals surface area contributed by atoms with Gasteiger partial charge in [-0.05, 0) is 33.8 Å². The van der Waals surface area contributed by atoms with E-state index in [1.807, 2.05) is 27.7 Å². The van der Waals surface area contributed by atoms with Gasteiger partial charge in [-0.3, -0.25) is 0 Å². The van der Waals surface area contributed by atoms with Crippen LogP contribution in [0.3, 0.4) is 0 Å². The van der Waals surface area contributed by atoms with Crippen LogP contribution in [-0.4, -0.2) is 59.4 Å². The van der Waals surface area contributed by atoms with Crippen molar-refractivity contribution in [2.75, 3.05) is 13.1 Å². The second-order valence-corrected chi connectivity index (χ2v) is 8.31. The third-order valence-electron chi connectivity index (χ3n) is 4.61. The topological polar surface area (TPSA) is 97.8 Å².